The fourth-order valence-corrected chi connectivity index (χ4v) is 5.59. The number of nitro groups is 1. The first-order chi connectivity index (χ1) is 16.1. The van der Waals surface area contributed by atoms with Gasteiger partial charge in [-0.05, 0) is 50.5 Å². The topological polar surface area (TPSA) is 136 Å². The van der Waals surface area contributed by atoms with Gasteiger partial charge in [-0.2, -0.15) is 4.31 Å². The molecule has 2 aromatic carbocycles. The number of benzene rings is 2. The predicted octanol–water partition coefficient (Wildman–Crippen LogP) is 3.57. The first-order valence-corrected chi connectivity index (χ1v) is 12.4. The van der Waals surface area contributed by atoms with Gasteiger partial charge in [0.15, 0.2) is 6.61 Å². The number of rotatable bonds is 7. The van der Waals surface area contributed by atoms with Gasteiger partial charge in [-0.1, -0.05) is 25.0 Å². The second kappa shape index (κ2) is 10.7. The highest BCUT2D eigenvalue weighted by Crippen LogP contribution is 2.26. The van der Waals surface area contributed by atoms with E-state index in [-0.39, 0.29) is 27.4 Å². The molecule has 34 heavy (non-hydrogen) atoms. The Bertz CT molecular complexity index is 1200. The Morgan fingerprint density at radius 1 is 1.09 bits per heavy atom. The Balaban J connectivity index is 1.68. The minimum absolute atomic E-state index is 0.0110. The molecule has 182 valence electrons. The van der Waals surface area contributed by atoms with Crippen LogP contribution in [0.5, 0.6) is 0 Å². The second-order valence-electron chi connectivity index (χ2n) is 8.13. The summed E-state index contributed by atoms with van der Waals surface area (Å²) in [5.41, 5.74) is 0.723. The SMILES string of the molecule is Cc1ccc(NC(=O)COC(=O)c2cccc([N+](=O)[O-])c2C)cc1S(=O)(=O)N1CCCCCC1. The van der Waals surface area contributed by atoms with E-state index in [0.29, 0.717) is 18.7 Å². The maximum Gasteiger partial charge on any atom is 0.339 e. The molecule has 11 heteroatoms. The summed E-state index contributed by atoms with van der Waals surface area (Å²) in [6, 6.07) is 8.59. The highest BCUT2D eigenvalue weighted by molar-refractivity contribution is 7.89. The summed E-state index contributed by atoms with van der Waals surface area (Å²) in [7, 11) is -3.71. The van der Waals surface area contributed by atoms with E-state index < -0.39 is 33.4 Å². The van der Waals surface area contributed by atoms with Crippen LogP contribution in [-0.4, -0.2) is 49.2 Å². The number of nitrogens with one attached hydrogen (secondary N) is 1. The van der Waals surface area contributed by atoms with Crippen molar-refractivity contribution in [1.82, 2.24) is 4.31 Å². The fraction of sp³-hybridized carbons (Fsp3) is 0.391. The van der Waals surface area contributed by atoms with Crippen molar-refractivity contribution in [2.75, 3.05) is 25.0 Å². The summed E-state index contributed by atoms with van der Waals surface area (Å²) in [6.45, 7) is 3.41. The molecule has 1 amide bonds. The number of hydrogen-bond acceptors (Lipinski definition) is 7. The predicted molar refractivity (Wildman–Crippen MR) is 125 cm³/mol. The zero-order chi connectivity index (χ0) is 24.9. The van der Waals surface area contributed by atoms with Gasteiger partial charge in [0.05, 0.1) is 15.4 Å². The van der Waals surface area contributed by atoms with Crippen LogP contribution in [0.1, 0.15) is 47.2 Å². The van der Waals surface area contributed by atoms with Gasteiger partial charge in [-0.15, -0.1) is 0 Å². The van der Waals surface area contributed by atoms with E-state index in [2.05, 4.69) is 5.32 Å². The van der Waals surface area contributed by atoms with Gasteiger partial charge in [-0.3, -0.25) is 14.9 Å². The molecule has 0 spiro atoms. The molecular weight excluding hydrogens is 462 g/mol. The van der Waals surface area contributed by atoms with Crippen LogP contribution in [0.25, 0.3) is 0 Å². The molecule has 0 aromatic heterocycles. The highest BCUT2D eigenvalue weighted by Gasteiger charge is 2.27. The summed E-state index contributed by atoms with van der Waals surface area (Å²) in [5.74, 6) is -1.54. The quantitative estimate of drug-likeness (QED) is 0.357. The van der Waals surface area contributed by atoms with E-state index in [9.17, 15) is 28.1 Å². The maximum absolute atomic E-state index is 13.2. The Labute approximate surface area is 198 Å². The largest absolute Gasteiger partial charge is 0.452 e. The van der Waals surface area contributed by atoms with E-state index in [4.69, 9.17) is 4.74 Å². The first kappa shape index (κ1) is 25.3. The van der Waals surface area contributed by atoms with Gasteiger partial charge in [0.2, 0.25) is 10.0 Å². The number of amides is 1. The number of nitrogens with zero attached hydrogens (tertiary/aromatic N) is 2. The van der Waals surface area contributed by atoms with Crippen molar-refractivity contribution in [3.8, 4) is 0 Å². The molecule has 1 fully saturated rings. The van der Waals surface area contributed by atoms with Gasteiger partial charge in [0.25, 0.3) is 11.6 Å². The first-order valence-electron chi connectivity index (χ1n) is 10.9. The minimum atomic E-state index is -3.71. The molecule has 0 radical (unpaired) electrons. The third-order valence-corrected chi connectivity index (χ3v) is 7.75. The van der Waals surface area contributed by atoms with Crippen LogP contribution >= 0.6 is 0 Å². The summed E-state index contributed by atoms with van der Waals surface area (Å²) in [6.07, 6.45) is 3.61. The Kier molecular flexibility index (Phi) is 8.00. The van der Waals surface area contributed by atoms with Crippen molar-refractivity contribution in [2.45, 2.75) is 44.4 Å². The molecule has 0 aliphatic carbocycles. The van der Waals surface area contributed by atoms with Crippen molar-refractivity contribution < 1.29 is 27.7 Å². The van der Waals surface area contributed by atoms with Crippen LogP contribution in [0.4, 0.5) is 11.4 Å². The van der Waals surface area contributed by atoms with Crippen LogP contribution in [0, 0.1) is 24.0 Å². The van der Waals surface area contributed by atoms with E-state index in [1.165, 1.54) is 35.5 Å². The number of aryl methyl sites for hydroxylation is 1. The Morgan fingerprint density at radius 2 is 1.76 bits per heavy atom. The lowest BCUT2D eigenvalue weighted by Gasteiger charge is -2.21. The molecule has 1 saturated heterocycles. The number of nitro benzene ring substituents is 1. The average molecular weight is 490 g/mol. The van der Waals surface area contributed by atoms with Crippen molar-refractivity contribution >= 4 is 33.3 Å². The summed E-state index contributed by atoms with van der Waals surface area (Å²) in [5, 5.41) is 13.6. The molecule has 1 heterocycles. The summed E-state index contributed by atoms with van der Waals surface area (Å²) < 4.78 is 32.8. The number of anilines is 1. The summed E-state index contributed by atoms with van der Waals surface area (Å²) in [4.78, 5) is 35.2. The van der Waals surface area contributed by atoms with Crippen molar-refractivity contribution in [2.24, 2.45) is 0 Å². The van der Waals surface area contributed by atoms with Crippen LogP contribution in [0.15, 0.2) is 41.3 Å². The molecule has 1 N–H and O–H groups in total. The van der Waals surface area contributed by atoms with Gasteiger partial charge in [0, 0.05) is 30.4 Å². The van der Waals surface area contributed by atoms with Crippen molar-refractivity contribution in [3.63, 3.8) is 0 Å². The number of esters is 1. The maximum atomic E-state index is 13.2. The third-order valence-electron chi connectivity index (χ3n) is 5.71. The lowest BCUT2D eigenvalue weighted by molar-refractivity contribution is -0.385. The molecule has 3 rings (SSSR count). The monoisotopic (exact) mass is 489 g/mol. The second-order valence-corrected chi connectivity index (χ2v) is 10.0. The fourth-order valence-electron chi connectivity index (χ4n) is 3.83. The minimum Gasteiger partial charge on any atom is -0.452 e. The van der Waals surface area contributed by atoms with Gasteiger partial charge >= 0.3 is 5.97 Å². The molecule has 0 atom stereocenters. The lowest BCUT2D eigenvalue weighted by atomic mass is 10.1. The molecule has 0 unspecified atom stereocenters. The number of sulfonamides is 1. The van der Waals surface area contributed by atoms with Gasteiger partial charge in [0.1, 0.15) is 0 Å². The molecule has 10 nitrogen and oxygen atoms in total. The van der Waals surface area contributed by atoms with Crippen LogP contribution in [0.2, 0.25) is 0 Å². The molecule has 1 aliphatic heterocycles. The van der Waals surface area contributed by atoms with Crippen molar-refractivity contribution in [1.29, 1.82) is 0 Å². The van der Waals surface area contributed by atoms with E-state index >= 15 is 0 Å². The average Bonchev–Trinajstić information content (AvgIpc) is 3.09. The molecule has 0 saturated carbocycles. The van der Waals surface area contributed by atoms with Gasteiger partial charge < -0.3 is 10.1 Å². The smallest absolute Gasteiger partial charge is 0.339 e. The van der Waals surface area contributed by atoms with Crippen molar-refractivity contribution in [3.05, 3.63) is 63.2 Å². The van der Waals surface area contributed by atoms with Crippen LogP contribution in [0.3, 0.4) is 0 Å². The Hall–Kier alpha value is -3.31. The molecule has 1 aliphatic rings. The zero-order valence-corrected chi connectivity index (χ0v) is 19.9. The van der Waals surface area contributed by atoms with E-state index in [1.54, 1.807) is 19.1 Å². The normalized spacial score (nSPS) is 14.8. The Morgan fingerprint density at radius 3 is 2.41 bits per heavy atom. The summed E-state index contributed by atoms with van der Waals surface area (Å²) >= 11 is 0. The number of hydrogen-bond donors (Lipinski definition) is 1. The van der Waals surface area contributed by atoms with E-state index in [1.807, 2.05) is 0 Å². The third kappa shape index (κ3) is 5.78. The highest BCUT2D eigenvalue weighted by atomic mass is 32.2. The lowest BCUT2D eigenvalue weighted by Crippen LogP contribution is -2.32. The zero-order valence-electron chi connectivity index (χ0n) is 19.1. The number of carbonyl (C=O) groups is 2. The standard InChI is InChI=1S/C23H27N3O7S/c1-16-10-11-18(14-21(16)34(31,32)25-12-5-3-4-6-13-25)24-22(27)15-33-23(28)19-8-7-9-20(17(19)2)26(29)30/h7-11,14H,3-6,12-13,15H2,1-2H3,(H,24,27). The number of ether oxygens (including phenoxy) is 1. The molecular formula is C23H27N3O7S. The van der Waals surface area contributed by atoms with Crippen LogP contribution in [-0.2, 0) is 19.6 Å². The van der Waals surface area contributed by atoms with Crippen LogP contribution < -0.4 is 5.32 Å². The van der Waals surface area contributed by atoms with Gasteiger partial charge in [-0.25, -0.2) is 13.2 Å². The molecule has 2 aromatic rings. The van der Waals surface area contributed by atoms with E-state index in [0.717, 1.165) is 25.7 Å². The molecule has 0 bridgehead atoms. The number of carbonyl (C=O) groups excluding carboxylic acids is 2.